The van der Waals surface area contributed by atoms with Crippen LogP contribution in [-0.2, 0) is 35.6 Å². The summed E-state index contributed by atoms with van der Waals surface area (Å²) in [5.74, 6) is 2.15. The van der Waals surface area contributed by atoms with Crippen molar-refractivity contribution in [1.29, 1.82) is 0 Å². The minimum absolute atomic E-state index is 0. The predicted octanol–water partition coefficient (Wildman–Crippen LogP) is 28.5. The van der Waals surface area contributed by atoms with Gasteiger partial charge in [-0.15, -0.1) is 0 Å². The predicted molar refractivity (Wildman–Crippen MR) is 490 cm³/mol. The molecule has 1 aliphatic rings. The summed E-state index contributed by atoms with van der Waals surface area (Å²) < 4.78 is 139. The Hall–Kier alpha value is -7.86. The topological polar surface area (TPSA) is 55.9 Å². The lowest BCUT2D eigenvalue weighted by Gasteiger charge is -2.14. The lowest BCUT2D eigenvalue weighted by atomic mass is 9.98. The number of rotatable bonds is 24. The first kappa shape index (κ1) is 109. The van der Waals surface area contributed by atoms with Gasteiger partial charge in [0.1, 0.15) is 62.2 Å². The van der Waals surface area contributed by atoms with E-state index in [1.165, 1.54) is 74.1 Å². The van der Waals surface area contributed by atoms with Gasteiger partial charge in [0.05, 0.1) is 5.75 Å². The average Bonchev–Trinajstić information content (AvgIpc) is 1.06. The van der Waals surface area contributed by atoms with E-state index in [1.807, 2.05) is 109 Å². The fourth-order valence-electron chi connectivity index (χ4n) is 12.3. The zero-order chi connectivity index (χ0) is 89.1. The van der Waals surface area contributed by atoms with Crippen molar-refractivity contribution >= 4 is 9.84 Å². The number of sulfone groups is 1. The molecule has 0 aromatic heterocycles. The van der Waals surface area contributed by atoms with Crippen molar-refractivity contribution in [3.05, 3.63) is 318 Å². The lowest BCUT2D eigenvalue weighted by Crippen LogP contribution is -2.27. The molecule has 0 atom stereocenters. The number of likely N-dealkylation sites (tertiary alicyclic amines) is 1. The van der Waals surface area contributed by atoms with E-state index in [0.717, 1.165) is 123 Å². The molecular weight excluding hydrogens is 1530 g/mol. The summed E-state index contributed by atoms with van der Waals surface area (Å²) in [6.07, 6.45) is 8.42. The SMILES string of the molecule is C.CC(C)c1cc(F)cc(CCCN(C)C)c1.CC(C)c1cc(F)cc(CCCN2CCCC2)c1.CC(C)c1cc(F)cc(CCS(C)(=O)=O)c1.CC(C)c1cc(F)cc(CNCN(C)C)c1.CC(C)c1ccc(F)cc1.CC(C)c1cccc(F)c1.CC(C)c1ccccc1F.Cc1cc(F)cc(C(C)C)c1.Cc1cc(F)cc(C(C)C)c1. The molecule has 9 aromatic carbocycles. The maximum atomic E-state index is 13.5. The van der Waals surface area contributed by atoms with E-state index in [-0.39, 0.29) is 77.4 Å². The van der Waals surface area contributed by atoms with Crippen LogP contribution in [0.1, 0.15) is 294 Å². The van der Waals surface area contributed by atoms with Gasteiger partial charge in [0.2, 0.25) is 0 Å². The molecule has 0 aliphatic carbocycles. The molecule has 0 amide bonds. The Bertz CT molecular complexity index is 4250. The van der Waals surface area contributed by atoms with E-state index >= 15 is 0 Å². The highest BCUT2D eigenvalue weighted by Gasteiger charge is 2.14. The maximum Gasteiger partial charge on any atom is 0.147 e. The molecule has 0 bridgehead atoms. The van der Waals surface area contributed by atoms with E-state index in [4.69, 9.17) is 0 Å². The van der Waals surface area contributed by atoms with E-state index in [9.17, 15) is 47.9 Å². The van der Waals surface area contributed by atoms with Crippen molar-refractivity contribution in [3.8, 4) is 0 Å². The van der Waals surface area contributed by atoms with Gasteiger partial charge in [-0.05, 0) is 353 Å². The second-order valence-electron chi connectivity index (χ2n) is 34.3. The van der Waals surface area contributed by atoms with Gasteiger partial charge in [0.25, 0.3) is 0 Å². The summed E-state index contributed by atoms with van der Waals surface area (Å²) in [4.78, 5) is 6.72. The molecule has 6 nitrogen and oxygen atoms in total. The third kappa shape index (κ3) is 49.0. The number of hydrogen-bond donors (Lipinski definition) is 1. The van der Waals surface area contributed by atoms with Crippen molar-refractivity contribution in [3.63, 3.8) is 0 Å². The molecule has 16 heteroatoms. The van der Waals surface area contributed by atoms with Crippen molar-refractivity contribution in [2.24, 2.45) is 0 Å². The number of nitrogens with zero attached hydrogens (tertiary/aromatic N) is 3. The number of halogens is 9. The van der Waals surface area contributed by atoms with Gasteiger partial charge in [-0.25, -0.2) is 47.9 Å². The van der Waals surface area contributed by atoms with E-state index < -0.39 is 9.84 Å². The van der Waals surface area contributed by atoms with Gasteiger partial charge in [-0.1, -0.05) is 211 Å². The summed E-state index contributed by atoms with van der Waals surface area (Å²) in [5, 5.41) is 3.25. The Kier molecular flexibility index (Phi) is 52.7. The zero-order valence-electron chi connectivity index (χ0n) is 75.9. The molecular formula is C103H147F9N4O2S. The third-order valence-electron chi connectivity index (χ3n) is 19.4. The van der Waals surface area contributed by atoms with Gasteiger partial charge in [-0.3, -0.25) is 4.90 Å². The van der Waals surface area contributed by atoms with Crippen LogP contribution in [0.4, 0.5) is 39.5 Å². The standard InChI is InChI=1S/C16H24FN.C14H22FN.C13H21FN2.C12H17FO2S.2C10H13F.3C9H11F.CH4/c1-13(2)15-10-14(11-16(17)12-15)6-5-9-18-7-3-4-8-18;1-11(2)13-8-12(9-14(15)10-13)6-5-7-16(3)4;1-10(2)12-5-11(6-13(14)7-12)8-15-9-16(3)4;1-9(2)11-6-10(7-12(13)8-11)4-5-16(3,14)15;2*1-7(2)9-4-8(3)5-10(11)6-9;1-7(2)8-3-5-9(10)6-4-8;1-7(2)8-4-3-5-9(10)6-8;1-7(2)8-5-3-4-6-9(8)10;/h10-13H,3-9H2,1-2H3;8-11H,5-7H2,1-4H3;5-7,10,15H,8-9H2,1-4H3;6-9H,4-5H2,1-3H3;2*4-7H,1-3H3;3*3-7H,1-2H3;1H4. The van der Waals surface area contributed by atoms with Crippen LogP contribution in [-0.4, -0.2) is 96.2 Å². The largest absolute Gasteiger partial charge is 0.309 e. The molecule has 1 heterocycles. The van der Waals surface area contributed by atoms with Gasteiger partial charge in [0.15, 0.2) is 0 Å². The van der Waals surface area contributed by atoms with Crippen molar-refractivity contribution < 1.29 is 47.9 Å². The first-order valence-electron chi connectivity index (χ1n) is 42.1. The molecule has 1 N–H and O–H groups in total. The highest BCUT2D eigenvalue weighted by molar-refractivity contribution is 7.90. The molecule has 119 heavy (non-hydrogen) atoms. The molecule has 0 radical (unpaired) electrons. The molecule has 10 rings (SSSR count). The molecule has 0 spiro atoms. The molecule has 1 saturated heterocycles. The minimum Gasteiger partial charge on any atom is -0.309 e. The van der Waals surface area contributed by atoms with Gasteiger partial charge in [-0.2, -0.15) is 0 Å². The Labute approximate surface area is 715 Å². The quantitative estimate of drug-likeness (QED) is 0.0481. The van der Waals surface area contributed by atoms with Gasteiger partial charge >= 0.3 is 0 Å². The molecule has 1 fully saturated rings. The molecule has 0 unspecified atom stereocenters. The summed E-state index contributed by atoms with van der Waals surface area (Å²) in [5.41, 5.74) is 15.4. The zero-order valence-corrected chi connectivity index (χ0v) is 76.7. The van der Waals surface area contributed by atoms with Gasteiger partial charge in [0, 0.05) is 19.5 Å². The van der Waals surface area contributed by atoms with Crippen LogP contribution >= 0.6 is 0 Å². The smallest absolute Gasteiger partial charge is 0.147 e. The summed E-state index contributed by atoms with van der Waals surface area (Å²) >= 11 is 0. The second-order valence-corrected chi connectivity index (χ2v) is 36.6. The first-order valence-corrected chi connectivity index (χ1v) is 44.1. The second kappa shape index (κ2) is 57.4. The monoisotopic (exact) mass is 1680 g/mol. The Morgan fingerprint density at radius 2 is 0.706 bits per heavy atom. The number of benzene rings is 9. The van der Waals surface area contributed by atoms with E-state index in [0.29, 0.717) is 54.4 Å². The highest BCUT2D eigenvalue weighted by Crippen LogP contribution is 2.26. The normalized spacial score (nSPS) is 11.8. The fourth-order valence-corrected chi connectivity index (χ4v) is 12.9. The lowest BCUT2D eigenvalue weighted by molar-refractivity contribution is 0.334. The van der Waals surface area contributed by atoms with Crippen molar-refractivity contribution in [2.45, 2.75) is 251 Å². The third-order valence-corrected chi connectivity index (χ3v) is 20.3. The summed E-state index contributed by atoms with van der Waals surface area (Å²) in [7, 11) is 5.13. The van der Waals surface area contributed by atoms with Crippen LogP contribution in [0.2, 0.25) is 0 Å². The minimum atomic E-state index is -2.99. The molecule has 1 aliphatic heterocycles. The van der Waals surface area contributed by atoms with Crippen LogP contribution in [0.3, 0.4) is 0 Å². The van der Waals surface area contributed by atoms with Crippen LogP contribution in [0, 0.1) is 66.2 Å². The van der Waals surface area contributed by atoms with Crippen LogP contribution in [0.25, 0.3) is 0 Å². The fraction of sp³-hybridized carbons (Fsp3) is 0.476. The molecule has 9 aromatic rings. The summed E-state index contributed by atoms with van der Waals surface area (Å²) in [6, 6.07) is 51.5. The maximum absolute atomic E-state index is 13.5. The Morgan fingerprint density at radius 3 is 1.04 bits per heavy atom. The van der Waals surface area contributed by atoms with Crippen molar-refractivity contribution in [2.75, 3.05) is 73.0 Å². The summed E-state index contributed by atoms with van der Waals surface area (Å²) in [6.45, 7) is 47.1. The molecule has 0 saturated carbocycles. The number of nitrogens with one attached hydrogen (secondary N) is 1. The molecule has 660 valence electrons. The van der Waals surface area contributed by atoms with E-state index in [1.54, 1.807) is 78.9 Å². The average molecular weight is 1680 g/mol. The number of hydrogen-bond acceptors (Lipinski definition) is 6. The highest BCUT2D eigenvalue weighted by atomic mass is 32.2. The van der Waals surface area contributed by atoms with E-state index in [2.05, 4.69) is 144 Å². The van der Waals surface area contributed by atoms with Crippen molar-refractivity contribution in [1.82, 2.24) is 20.0 Å². The van der Waals surface area contributed by atoms with Crippen LogP contribution in [0.15, 0.2) is 182 Å². The Balaban J connectivity index is 0.000000674. The number of aryl methyl sites for hydroxylation is 5. The first-order chi connectivity index (χ1) is 55.2. The van der Waals surface area contributed by atoms with Gasteiger partial charge < -0.3 is 15.1 Å². The van der Waals surface area contributed by atoms with Crippen LogP contribution < -0.4 is 5.32 Å². The van der Waals surface area contributed by atoms with Crippen LogP contribution in [0.5, 0.6) is 0 Å². The Morgan fingerprint density at radius 1 is 0.353 bits per heavy atom.